The van der Waals surface area contributed by atoms with Crippen LogP contribution < -0.4 is 10.6 Å². The van der Waals surface area contributed by atoms with Crippen molar-refractivity contribution in [1.82, 2.24) is 30.1 Å². The van der Waals surface area contributed by atoms with Crippen molar-refractivity contribution >= 4 is 23.4 Å². The molecule has 2 aliphatic heterocycles. The first kappa shape index (κ1) is 32.4. The van der Waals surface area contributed by atoms with Gasteiger partial charge < -0.3 is 15.0 Å². The number of nitrogens with one attached hydrogen (secondary N) is 2. The molecule has 0 unspecified atom stereocenters. The average Bonchev–Trinajstić information content (AvgIpc) is 3.46. The third-order valence-corrected chi connectivity index (χ3v) is 9.25. The Morgan fingerprint density at radius 3 is 2.47 bits per heavy atom. The van der Waals surface area contributed by atoms with Crippen molar-refractivity contribution in [2.45, 2.75) is 83.8 Å². The van der Waals surface area contributed by atoms with E-state index >= 15 is 0 Å². The number of piperidine rings is 2. The monoisotopic (exact) mass is 636 g/mol. The van der Waals surface area contributed by atoms with Crippen LogP contribution in [0, 0.1) is 6.92 Å². The lowest BCUT2D eigenvalue weighted by Gasteiger charge is -2.32. The second-order valence-corrected chi connectivity index (χ2v) is 13.8. The van der Waals surface area contributed by atoms with Gasteiger partial charge in [0.05, 0.1) is 17.1 Å². The fraction of sp³-hybridized carbons (Fsp3) is 0.432. The van der Waals surface area contributed by atoms with E-state index in [0.717, 1.165) is 72.4 Å². The number of benzene rings is 2. The number of imide groups is 1. The topological polar surface area (TPSA) is 118 Å². The lowest BCUT2D eigenvalue weighted by molar-refractivity contribution is -0.134. The Bertz CT molecular complexity index is 1770. The molecule has 0 spiro atoms. The summed E-state index contributed by atoms with van der Waals surface area (Å²) in [5.74, 6) is -0.0824. The van der Waals surface area contributed by atoms with Gasteiger partial charge in [-0.3, -0.25) is 14.9 Å². The normalized spacial score (nSPS) is 17.9. The summed E-state index contributed by atoms with van der Waals surface area (Å²) in [6.45, 7) is 11.1. The molecule has 2 fully saturated rings. The van der Waals surface area contributed by atoms with Crippen molar-refractivity contribution in [2.75, 3.05) is 19.6 Å². The summed E-state index contributed by atoms with van der Waals surface area (Å²) >= 11 is 0. The van der Waals surface area contributed by atoms with Gasteiger partial charge in [0, 0.05) is 31.3 Å². The Morgan fingerprint density at radius 2 is 1.77 bits per heavy atom. The van der Waals surface area contributed by atoms with Crippen molar-refractivity contribution in [3.63, 3.8) is 0 Å². The van der Waals surface area contributed by atoms with Gasteiger partial charge in [0.1, 0.15) is 11.9 Å². The van der Waals surface area contributed by atoms with E-state index in [4.69, 9.17) is 4.74 Å². The van der Waals surface area contributed by atoms with Crippen molar-refractivity contribution in [1.29, 1.82) is 0 Å². The molecule has 6 rings (SSSR count). The molecule has 0 aliphatic carbocycles. The molecule has 4 heterocycles. The Labute approximate surface area is 275 Å². The van der Waals surface area contributed by atoms with Gasteiger partial charge in [-0.15, -0.1) is 0 Å². The number of amides is 3. The van der Waals surface area contributed by atoms with E-state index in [1.807, 2.05) is 44.3 Å². The van der Waals surface area contributed by atoms with Crippen LogP contribution in [0.2, 0.25) is 0 Å². The predicted molar refractivity (Wildman–Crippen MR) is 180 cm³/mol. The van der Waals surface area contributed by atoms with Crippen LogP contribution in [-0.2, 0) is 27.3 Å². The van der Waals surface area contributed by atoms with Crippen LogP contribution in [0.3, 0.4) is 0 Å². The van der Waals surface area contributed by atoms with E-state index in [1.165, 1.54) is 11.1 Å². The standard InChI is InChI=1S/C37H44N6O4/c1-24-19-29(9-10-30(24)21-38-36(46)47-37(2,3)4)34-32-20-25(22-43(32)40-23-39-34)13-16-42-17-14-27(15-18-42)26-5-7-28(8-6-26)31-11-12-33(44)41-35(31)45/h5-10,19-20,22-23,27,31H,11-18,21H2,1-4H3,(H,38,46)(H,41,44,45)/t31-/m0/s1. The molecule has 0 radical (unpaired) electrons. The molecule has 246 valence electrons. The number of fused-ring (bicyclic) bond motifs is 1. The fourth-order valence-electron chi connectivity index (χ4n) is 6.65. The van der Waals surface area contributed by atoms with Gasteiger partial charge in [-0.25, -0.2) is 14.3 Å². The molecule has 10 heteroatoms. The Hall–Kier alpha value is -4.57. The Kier molecular flexibility index (Phi) is 9.40. The molecular formula is C37H44N6O4. The minimum atomic E-state index is -0.536. The Morgan fingerprint density at radius 1 is 1.02 bits per heavy atom. The fourth-order valence-corrected chi connectivity index (χ4v) is 6.65. The number of carbonyl (C=O) groups excluding carboxylic acids is 3. The summed E-state index contributed by atoms with van der Waals surface area (Å²) < 4.78 is 7.27. The summed E-state index contributed by atoms with van der Waals surface area (Å²) in [6.07, 6.45) is 7.39. The second kappa shape index (κ2) is 13.7. The van der Waals surface area contributed by atoms with Crippen LogP contribution in [0.25, 0.3) is 16.8 Å². The van der Waals surface area contributed by atoms with Gasteiger partial charge in [-0.05, 0) is 112 Å². The number of ether oxygens (including phenoxy) is 1. The van der Waals surface area contributed by atoms with Crippen LogP contribution in [0.5, 0.6) is 0 Å². The number of hydrogen-bond donors (Lipinski definition) is 2. The van der Waals surface area contributed by atoms with E-state index in [0.29, 0.717) is 25.3 Å². The largest absolute Gasteiger partial charge is 0.444 e. The summed E-state index contributed by atoms with van der Waals surface area (Å²) in [4.78, 5) is 43.0. The van der Waals surface area contributed by atoms with E-state index in [-0.39, 0.29) is 17.7 Å². The number of aryl methyl sites for hydroxylation is 1. The molecular weight excluding hydrogens is 592 g/mol. The van der Waals surface area contributed by atoms with Crippen LogP contribution in [0.1, 0.15) is 86.1 Å². The lowest BCUT2D eigenvalue weighted by atomic mass is 9.86. The van der Waals surface area contributed by atoms with Gasteiger partial charge >= 0.3 is 6.09 Å². The molecule has 47 heavy (non-hydrogen) atoms. The highest BCUT2D eigenvalue weighted by Gasteiger charge is 2.28. The van der Waals surface area contributed by atoms with Gasteiger partial charge in [-0.1, -0.05) is 36.4 Å². The lowest BCUT2D eigenvalue weighted by Crippen LogP contribution is -2.39. The molecule has 0 bridgehead atoms. The van der Waals surface area contributed by atoms with Crippen molar-refractivity contribution < 1.29 is 19.1 Å². The highest BCUT2D eigenvalue weighted by atomic mass is 16.6. The van der Waals surface area contributed by atoms with Crippen LogP contribution in [0.4, 0.5) is 4.79 Å². The van der Waals surface area contributed by atoms with E-state index in [1.54, 1.807) is 6.33 Å². The number of likely N-dealkylation sites (tertiary alicyclic amines) is 1. The zero-order chi connectivity index (χ0) is 33.1. The van der Waals surface area contributed by atoms with E-state index < -0.39 is 11.7 Å². The maximum Gasteiger partial charge on any atom is 0.407 e. The number of rotatable bonds is 8. The zero-order valence-corrected chi connectivity index (χ0v) is 27.7. The first-order valence-corrected chi connectivity index (χ1v) is 16.6. The summed E-state index contributed by atoms with van der Waals surface area (Å²) in [5.41, 5.74) is 7.96. The predicted octanol–water partition coefficient (Wildman–Crippen LogP) is 5.67. The van der Waals surface area contributed by atoms with Gasteiger partial charge in [0.15, 0.2) is 0 Å². The average molecular weight is 637 g/mol. The minimum Gasteiger partial charge on any atom is -0.444 e. The van der Waals surface area contributed by atoms with Crippen molar-refractivity contribution in [3.05, 3.63) is 88.9 Å². The summed E-state index contributed by atoms with van der Waals surface area (Å²) in [5, 5.41) is 9.78. The smallest absolute Gasteiger partial charge is 0.407 e. The first-order chi connectivity index (χ1) is 22.5. The summed E-state index contributed by atoms with van der Waals surface area (Å²) in [7, 11) is 0. The van der Waals surface area contributed by atoms with E-state index in [9.17, 15) is 14.4 Å². The highest BCUT2D eigenvalue weighted by molar-refractivity contribution is 6.00. The van der Waals surface area contributed by atoms with Gasteiger partial charge in [0.2, 0.25) is 11.8 Å². The number of nitrogens with zero attached hydrogens (tertiary/aromatic N) is 4. The third-order valence-electron chi connectivity index (χ3n) is 9.25. The highest BCUT2D eigenvalue weighted by Crippen LogP contribution is 2.31. The molecule has 2 aromatic heterocycles. The molecule has 2 aliphatic rings. The van der Waals surface area contributed by atoms with Gasteiger partial charge in [0.25, 0.3) is 0 Å². The molecule has 2 saturated heterocycles. The molecule has 2 aromatic carbocycles. The van der Waals surface area contributed by atoms with E-state index in [2.05, 4.69) is 68.2 Å². The minimum absolute atomic E-state index is 0.178. The van der Waals surface area contributed by atoms with Crippen molar-refractivity contribution in [2.24, 2.45) is 0 Å². The number of alkyl carbamates (subject to hydrolysis) is 1. The van der Waals surface area contributed by atoms with Crippen LogP contribution >= 0.6 is 0 Å². The SMILES string of the molecule is Cc1cc(-c2ncnn3cc(CCN4CCC(c5ccc([C@@H]6CCC(=O)NC6=O)cc5)CC4)cc23)ccc1CNC(=O)OC(C)(C)C. The molecule has 3 amide bonds. The van der Waals surface area contributed by atoms with Crippen LogP contribution in [-0.4, -0.2) is 62.6 Å². The quantitative estimate of drug-likeness (QED) is 0.239. The van der Waals surface area contributed by atoms with Gasteiger partial charge in [-0.2, -0.15) is 5.10 Å². The first-order valence-electron chi connectivity index (χ1n) is 16.6. The Balaban J connectivity index is 1.03. The second-order valence-electron chi connectivity index (χ2n) is 13.8. The summed E-state index contributed by atoms with van der Waals surface area (Å²) in [6, 6.07) is 16.8. The number of aromatic nitrogens is 3. The molecule has 0 saturated carbocycles. The molecule has 4 aromatic rings. The zero-order valence-electron chi connectivity index (χ0n) is 27.7. The maximum atomic E-state index is 12.3. The number of hydrogen-bond acceptors (Lipinski definition) is 7. The molecule has 1 atom stereocenters. The molecule has 2 N–H and O–H groups in total. The number of carbonyl (C=O) groups is 3. The third kappa shape index (κ3) is 7.88. The maximum absolute atomic E-state index is 12.3. The van der Waals surface area contributed by atoms with Crippen molar-refractivity contribution in [3.8, 4) is 11.3 Å². The molecule has 10 nitrogen and oxygen atoms in total. The van der Waals surface area contributed by atoms with Crippen LogP contribution in [0.15, 0.2) is 61.1 Å².